The number of carbonyl (C=O) groups is 2. The van der Waals surface area contributed by atoms with Crippen LogP contribution in [-0.4, -0.2) is 24.4 Å². The minimum atomic E-state index is -0.202. The lowest BCUT2D eigenvalue weighted by Crippen LogP contribution is -2.52. The zero-order valence-electron chi connectivity index (χ0n) is 9.02. The highest BCUT2D eigenvalue weighted by Gasteiger charge is 2.26. The number of amides is 2. The third kappa shape index (κ3) is 3.46. The average Bonchev–Trinajstić information content (AvgIpc) is 2.00. The Labute approximate surface area is 84.4 Å². The third-order valence-corrected chi connectivity index (χ3v) is 2.12. The van der Waals surface area contributed by atoms with Gasteiger partial charge >= 0.3 is 0 Å². The number of piperidine rings is 1. The van der Waals surface area contributed by atoms with Gasteiger partial charge in [-0.1, -0.05) is 20.8 Å². The molecule has 2 N–H and O–H groups in total. The fraction of sp³-hybridized carbons (Fsp3) is 0.800. The average molecular weight is 198 g/mol. The summed E-state index contributed by atoms with van der Waals surface area (Å²) in [7, 11) is 0. The van der Waals surface area contributed by atoms with E-state index in [1.165, 1.54) is 0 Å². The maximum atomic E-state index is 11.3. The van der Waals surface area contributed by atoms with Crippen LogP contribution in [0.4, 0.5) is 0 Å². The molecule has 1 rings (SSSR count). The van der Waals surface area contributed by atoms with E-state index < -0.39 is 0 Å². The van der Waals surface area contributed by atoms with Gasteiger partial charge in [0.2, 0.25) is 11.8 Å². The van der Waals surface area contributed by atoms with Crippen LogP contribution in [-0.2, 0) is 9.59 Å². The molecule has 0 spiro atoms. The molecule has 1 atom stereocenters. The van der Waals surface area contributed by atoms with E-state index in [1.54, 1.807) is 0 Å². The molecule has 0 saturated carbocycles. The Bertz CT molecular complexity index is 243. The Hall–Kier alpha value is -0.900. The van der Waals surface area contributed by atoms with E-state index >= 15 is 0 Å². The molecule has 0 bridgehead atoms. The number of carbonyl (C=O) groups excluding carboxylic acids is 2. The summed E-state index contributed by atoms with van der Waals surface area (Å²) in [4.78, 5) is 22.2. The second-order valence-corrected chi connectivity index (χ2v) is 4.95. The molecule has 0 aromatic carbocycles. The SMILES string of the molecule is CC(C)(C)CNC1CCC(=O)NC1=O. The molecule has 1 heterocycles. The van der Waals surface area contributed by atoms with Crippen LogP contribution in [0, 0.1) is 5.41 Å². The van der Waals surface area contributed by atoms with Crippen LogP contribution in [0.3, 0.4) is 0 Å². The molecule has 1 aliphatic heterocycles. The molecule has 1 aliphatic rings. The summed E-state index contributed by atoms with van der Waals surface area (Å²) in [5, 5.41) is 5.49. The highest BCUT2D eigenvalue weighted by Crippen LogP contribution is 2.12. The zero-order chi connectivity index (χ0) is 10.8. The number of nitrogens with one attached hydrogen (secondary N) is 2. The normalized spacial score (nSPS) is 23.5. The fourth-order valence-corrected chi connectivity index (χ4v) is 1.32. The van der Waals surface area contributed by atoms with Crippen molar-refractivity contribution in [3.8, 4) is 0 Å². The van der Waals surface area contributed by atoms with Crippen LogP contribution in [0.1, 0.15) is 33.6 Å². The molecule has 4 nitrogen and oxygen atoms in total. The first-order valence-electron chi connectivity index (χ1n) is 4.95. The first-order chi connectivity index (χ1) is 6.38. The molecule has 1 unspecified atom stereocenters. The maximum Gasteiger partial charge on any atom is 0.243 e. The first-order valence-corrected chi connectivity index (χ1v) is 4.95. The summed E-state index contributed by atoms with van der Waals surface area (Å²) in [6, 6.07) is -0.202. The lowest BCUT2D eigenvalue weighted by Gasteiger charge is -2.26. The lowest BCUT2D eigenvalue weighted by atomic mass is 9.95. The van der Waals surface area contributed by atoms with Gasteiger partial charge in [-0.05, 0) is 11.8 Å². The van der Waals surface area contributed by atoms with Crippen LogP contribution in [0.5, 0.6) is 0 Å². The van der Waals surface area contributed by atoms with Gasteiger partial charge in [0.1, 0.15) is 0 Å². The highest BCUT2D eigenvalue weighted by molar-refractivity contribution is 6.00. The molecule has 1 saturated heterocycles. The fourth-order valence-electron chi connectivity index (χ4n) is 1.32. The van der Waals surface area contributed by atoms with E-state index in [0.717, 1.165) is 6.54 Å². The minimum Gasteiger partial charge on any atom is -0.305 e. The predicted octanol–water partition coefficient (Wildman–Crippen LogP) is 0.427. The highest BCUT2D eigenvalue weighted by atomic mass is 16.2. The van der Waals surface area contributed by atoms with Crippen molar-refractivity contribution >= 4 is 11.8 Å². The van der Waals surface area contributed by atoms with Crippen LogP contribution >= 0.6 is 0 Å². The maximum absolute atomic E-state index is 11.3. The van der Waals surface area contributed by atoms with Crippen LogP contribution in [0.2, 0.25) is 0 Å². The Morgan fingerprint density at radius 1 is 1.43 bits per heavy atom. The van der Waals surface area contributed by atoms with Crippen molar-refractivity contribution in [2.75, 3.05) is 6.54 Å². The van der Waals surface area contributed by atoms with E-state index in [1.807, 2.05) is 0 Å². The van der Waals surface area contributed by atoms with Crippen molar-refractivity contribution in [1.29, 1.82) is 0 Å². The van der Waals surface area contributed by atoms with E-state index in [-0.39, 0.29) is 23.3 Å². The molecule has 0 aromatic rings. The van der Waals surface area contributed by atoms with Crippen LogP contribution in [0.15, 0.2) is 0 Å². The van der Waals surface area contributed by atoms with Gasteiger partial charge in [-0.2, -0.15) is 0 Å². The Balaban J connectivity index is 2.39. The second kappa shape index (κ2) is 4.09. The third-order valence-electron chi connectivity index (χ3n) is 2.12. The summed E-state index contributed by atoms with van der Waals surface area (Å²) < 4.78 is 0. The van der Waals surface area contributed by atoms with Gasteiger partial charge in [0.25, 0.3) is 0 Å². The van der Waals surface area contributed by atoms with Gasteiger partial charge < -0.3 is 5.32 Å². The van der Waals surface area contributed by atoms with Crippen LogP contribution in [0.25, 0.3) is 0 Å². The van der Waals surface area contributed by atoms with Crippen molar-refractivity contribution in [2.45, 2.75) is 39.7 Å². The number of imide groups is 1. The predicted molar refractivity (Wildman–Crippen MR) is 53.6 cm³/mol. The molecule has 0 radical (unpaired) electrons. The van der Waals surface area contributed by atoms with E-state index in [9.17, 15) is 9.59 Å². The van der Waals surface area contributed by atoms with Gasteiger partial charge in [0, 0.05) is 13.0 Å². The van der Waals surface area contributed by atoms with Crippen molar-refractivity contribution in [2.24, 2.45) is 5.41 Å². The Kier molecular flexibility index (Phi) is 3.26. The smallest absolute Gasteiger partial charge is 0.243 e. The van der Waals surface area contributed by atoms with Gasteiger partial charge in [0.05, 0.1) is 6.04 Å². The summed E-state index contributed by atoms with van der Waals surface area (Å²) in [5.41, 5.74) is 0.155. The van der Waals surface area contributed by atoms with Crippen molar-refractivity contribution in [3.05, 3.63) is 0 Å². The van der Waals surface area contributed by atoms with E-state index in [0.29, 0.717) is 12.8 Å². The van der Waals surface area contributed by atoms with Gasteiger partial charge in [0.15, 0.2) is 0 Å². The Morgan fingerprint density at radius 2 is 2.07 bits per heavy atom. The first kappa shape index (κ1) is 11.2. The molecule has 2 amide bonds. The largest absolute Gasteiger partial charge is 0.305 e. The monoisotopic (exact) mass is 198 g/mol. The topological polar surface area (TPSA) is 58.2 Å². The number of hydrogen-bond donors (Lipinski definition) is 2. The number of hydrogen-bond acceptors (Lipinski definition) is 3. The number of rotatable bonds is 2. The Morgan fingerprint density at radius 3 is 2.57 bits per heavy atom. The standard InChI is InChI=1S/C10H18N2O2/c1-10(2,3)6-11-7-4-5-8(13)12-9(7)14/h7,11H,4-6H2,1-3H3,(H,12,13,14). The molecule has 14 heavy (non-hydrogen) atoms. The van der Waals surface area contributed by atoms with Crippen molar-refractivity contribution in [3.63, 3.8) is 0 Å². The molecule has 0 aliphatic carbocycles. The van der Waals surface area contributed by atoms with Crippen molar-refractivity contribution in [1.82, 2.24) is 10.6 Å². The van der Waals surface area contributed by atoms with E-state index in [2.05, 4.69) is 31.4 Å². The van der Waals surface area contributed by atoms with Crippen molar-refractivity contribution < 1.29 is 9.59 Å². The van der Waals surface area contributed by atoms with Gasteiger partial charge in [-0.15, -0.1) is 0 Å². The summed E-state index contributed by atoms with van der Waals surface area (Å²) in [6.45, 7) is 7.09. The molecule has 4 heteroatoms. The molecule has 80 valence electrons. The summed E-state index contributed by atoms with van der Waals surface area (Å²) in [5.74, 6) is -0.352. The molecule has 1 fully saturated rings. The molecule has 0 aromatic heterocycles. The van der Waals surface area contributed by atoms with Gasteiger partial charge in [-0.25, -0.2) is 0 Å². The summed E-state index contributed by atoms with van der Waals surface area (Å²) >= 11 is 0. The quantitative estimate of drug-likeness (QED) is 0.632. The second-order valence-electron chi connectivity index (χ2n) is 4.95. The van der Waals surface area contributed by atoms with E-state index in [4.69, 9.17) is 0 Å². The van der Waals surface area contributed by atoms with Crippen LogP contribution < -0.4 is 10.6 Å². The zero-order valence-corrected chi connectivity index (χ0v) is 9.02. The summed E-state index contributed by atoms with van der Waals surface area (Å²) in [6.07, 6.45) is 1.05. The molecular formula is C10H18N2O2. The molecular weight excluding hydrogens is 180 g/mol. The minimum absolute atomic E-state index is 0.155. The lowest BCUT2D eigenvalue weighted by molar-refractivity contribution is -0.134. The van der Waals surface area contributed by atoms with Gasteiger partial charge in [-0.3, -0.25) is 14.9 Å².